The van der Waals surface area contributed by atoms with Crippen LogP contribution < -0.4 is 11.1 Å². The van der Waals surface area contributed by atoms with Crippen molar-refractivity contribution in [2.75, 3.05) is 18.4 Å². The number of para-hydroxylation sites is 2. The van der Waals surface area contributed by atoms with Gasteiger partial charge in [0, 0.05) is 31.0 Å². The normalized spacial score (nSPS) is 12.5. The van der Waals surface area contributed by atoms with Crippen molar-refractivity contribution in [1.82, 2.24) is 9.88 Å². The largest absolute Gasteiger partial charge is 0.506 e. The van der Waals surface area contributed by atoms with Crippen LogP contribution >= 0.6 is 0 Å². The Balaban J connectivity index is 1.65. The van der Waals surface area contributed by atoms with Crippen LogP contribution in [0.3, 0.4) is 0 Å². The molecule has 8 heteroatoms. The number of carbonyl (C=O) groups excluding carboxylic acids is 2. The Morgan fingerprint density at radius 1 is 1.06 bits per heavy atom. The second-order valence-corrected chi connectivity index (χ2v) is 7.56. The van der Waals surface area contributed by atoms with E-state index in [1.807, 2.05) is 19.1 Å². The van der Waals surface area contributed by atoms with Crippen molar-refractivity contribution in [2.45, 2.75) is 26.0 Å². The number of nitrogens with zero attached hydrogens (tertiary/aromatic N) is 2. The summed E-state index contributed by atoms with van der Waals surface area (Å²) >= 11 is 0. The molecule has 2 aromatic carbocycles. The van der Waals surface area contributed by atoms with E-state index in [2.05, 4.69) is 10.3 Å². The van der Waals surface area contributed by atoms with Crippen LogP contribution in [0, 0.1) is 0 Å². The third-order valence-electron chi connectivity index (χ3n) is 5.31. The number of anilines is 1. The first kappa shape index (κ1) is 23.7. The average molecular weight is 449 g/mol. The molecule has 0 unspecified atom stereocenters. The lowest BCUT2D eigenvalue weighted by Crippen LogP contribution is -2.38. The molecule has 1 aromatic heterocycles. The summed E-state index contributed by atoms with van der Waals surface area (Å²) in [5.41, 5.74) is 8.08. The van der Waals surface area contributed by atoms with Crippen molar-refractivity contribution >= 4 is 17.7 Å². The fourth-order valence-electron chi connectivity index (χ4n) is 3.35. The Labute approximate surface area is 193 Å². The number of hydrogen-bond acceptors (Lipinski definition) is 6. The molecule has 2 atom stereocenters. The van der Waals surface area contributed by atoms with Crippen LogP contribution in [0.2, 0.25) is 0 Å². The van der Waals surface area contributed by atoms with Crippen molar-refractivity contribution in [3.63, 3.8) is 0 Å². The third kappa shape index (κ3) is 6.08. The summed E-state index contributed by atoms with van der Waals surface area (Å²) in [5, 5.41) is 12.5. The number of rotatable bonds is 8. The van der Waals surface area contributed by atoms with E-state index < -0.39 is 12.2 Å². The zero-order valence-corrected chi connectivity index (χ0v) is 18.6. The highest BCUT2D eigenvalue weighted by Gasteiger charge is 2.24. The molecular weight excluding hydrogens is 420 g/mol. The topological polar surface area (TPSA) is 118 Å². The van der Waals surface area contributed by atoms with Gasteiger partial charge in [0.25, 0.3) is 5.91 Å². The SMILES string of the molecule is C[C@@H](OC(=O)N(CCN)[C@@H](C)c1cccnc1)c1ccc(C(=O)Nc2ccccc2O)cc1. The van der Waals surface area contributed by atoms with E-state index in [1.165, 1.54) is 6.07 Å². The summed E-state index contributed by atoms with van der Waals surface area (Å²) in [6.45, 7) is 4.31. The van der Waals surface area contributed by atoms with Gasteiger partial charge in [0.15, 0.2) is 0 Å². The predicted molar refractivity (Wildman–Crippen MR) is 126 cm³/mol. The van der Waals surface area contributed by atoms with Crippen LogP contribution in [0.25, 0.3) is 0 Å². The highest BCUT2D eigenvalue weighted by Crippen LogP contribution is 2.25. The first-order valence-corrected chi connectivity index (χ1v) is 10.7. The van der Waals surface area contributed by atoms with Gasteiger partial charge >= 0.3 is 6.09 Å². The van der Waals surface area contributed by atoms with Gasteiger partial charge in [-0.1, -0.05) is 30.3 Å². The van der Waals surface area contributed by atoms with Gasteiger partial charge in [-0.25, -0.2) is 4.79 Å². The van der Waals surface area contributed by atoms with Crippen molar-refractivity contribution in [3.05, 3.63) is 89.7 Å². The molecule has 172 valence electrons. The number of aromatic hydroxyl groups is 1. The van der Waals surface area contributed by atoms with E-state index in [0.29, 0.717) is 24.3 Å². The molecule has 0 aliphatic carbocycles. The van der Waals surface area contributed by atoms with Crippen LogP contribution in [0.15, 0.2) is 73.1 Å². The Bertz CT molecular complexity index is 1070. The first-order chi connectivity index (χ1) is 15.9. The third-order valence-corrected chi connectivity index (χ3v) is 5.31. The first-order valence-electron chi connectivity index (χ1n) is 10.7. The summed E-state index contributed by atoms with van der Waals surface area (Å²) in [6.07, 6.45) is 2.38. The number of hydrogen-bond donors (Lipinski definition) is 3. The molecule has 0 radical (unpaired) electrons. The minimum Gasteiger partial charge on any atom is -0.506 e. The van der Waals surface area contributed by atoms with E-state index in [1.54, 1.807) is 66.7 Å². The maximum atomic E-state index is 12.9. The van der Waals surface area contributed by atoms with Crippen molar-refractivity contribution in [1.29, 1.82) is 0 Å². The zero-order chi connectivity index (χ0) is 23.8. The molecule has 1 heterocycles. The summed E-state index contributed by atoms with van der Waals surface area (Å²) in [5.74, 6) is -0.363. The molecule has 0 aliphatic rings. The number of phenolic OH excluding ortho intramolecular Hbond substituents is 1. The average Bonchev–Trinajstić information content (AvgIpc) is 2.84. The smallest absolute Gasteiger partial charge is 0.410 e. The number of phenols is 1. The lowest BCUT2D eigenvalue weighted by molar-refractivity contribution is 0.0595. The van der Waals surface area contributed by atoms with Gasteiger partial charge in [0.1, 0.15) is 11.9 Å². The van der Waals surface area contributed by atoms with Gasteiger partial charge < -0.3 is 25.8 Å². The molecular formula is C25H28N4O4. The number of pyridine rings is 1. The Kier molecular flexibility index (Phi) is 7.99. The molecule has 0 saturated heterocycles. The summed E-state index contributed by atoms with van der Waals surface area (Å²) in [6, 6.07) is 16.7. The molecule has 0 bridgehead atoms. The molecule has 3 aromatic rings. The minimum atomic E-state index is -0.533. The fraction of sp³-hybridized carbons (Fsp3) is 0.240. The Morgan fingerprint density at radius 3 is 2.42 bits per heavy atom. The van der Waals surface area contributed by atoms with Gasteiger partial charge in [-0.15, -0.1) is 0 Å². The highest BCUT2D eigenvalue weighted by molar-refractivity contribution is 6.05. The number of benzene rings is 2. The molecule has 0 saturated carbocycles. The number of aromatic nitrogens is 1. The Morgan fingerprint density at radius 2 is 1.79 bits per heavy atom. The number of amides is 2. The van der Waals surface area contributed by atoms with Crippen molar-refractivity contribution < 1.29 is 19.4 Å². The molecule has 3 rings (SSSR count). The van der Waals surface area contributed by atoms with Crippen molar-refractivity contribution in [2.24, 2.45) is 5.73 Å². The van der Waals surface area contributed by atoms with Gasteiger partial charge in [-0.05, 0) is 55.3 Å². The quantitative estimate of drug-likeness (QED) is 0.443. The standard InChI is InChI=1S/C25H28N4O4/c1-17(21-6-5-14-27-16-21)29(15-13-26)25(32)33-18(2)19-9-11-20(12-10-19)24(31)28-22-7-3-4-8-23(22)30/h3-12,14,16-18,30H,13,15,26H2,1-2H3,(H,28,31)/t17-,18+/m0/s1. The van der Waals surface area contributed by atoms with E-state index >= 15 is 0 Å². The molecule has 4 N–H and O–H groups in total. The van der Waals surface area contributed by atoms with Crippen LogP contribution in [-0.2, 0) is 4.74 Å². The van der Waals surface area contributed by atoms with E-state index in [0.717, 1.165) is 11.1 Å². The molecule has 0 aliphatic heterocycles. The monoisotopic (exact) mass is 448 g/mol. The minimum absolute atomic E-state index is 0.00875. The highest BCUT2D eigenvalue weighted by atomic mass is 16.6. The zero-order valence-electron chi connectivity index (χ0n) is 18.6. The molecule has 8 nitrogen and oxygen atoms in total. The summed E-state index contributed by atoms with van der Waals surface area (Å²) in [4.78, 5) is 31.0. The van der Waals surface area contributed by atoms with Gasteiger partial charge in [-0.2, -0.15) is 0 Å². The number of carbonyl (C=O) groups is 2. The number of nitrogens with two attached hydrogens (primary N) is 1. The number of nitrogens with one attached hydrogen (secondary N) is 1. The fourth-order valence-corrected chi connectivity index (χ4v) is 3.35. The lowest BCUT2D eigenvalue weighted by atomic mass is 10.1. The van der Waals surface area contributed by atoms with Gasteiger partial charge in [0.05, 0.1) is 11.7 Å². The van der Waals surface area contributed by atoms with Crippen LogP contribution in [-0.4, -0.2) is 40.1 Å². The molecule has 33 heavy (non-hydrogen) atoms. The molecule has 0 fully saturated rings. The van der Waals surface area contributed by atoms with Crippen LogP contribution in [0.4, 0.5) is 10.5 Å². The summed E-state index contributed by atoms with van der Waals surface area (Å²) < 4.78 is 5.68. The Hall–Kier alpha value is -3.91. The molecule has 0 spiro atoms. The van der Waals surface area contributed by atoms with Gasteiger partial charge in [-0.3, -0.25) is 9.78 Å². The van der Waals surface area contributed by atoms with Crippen LogP contribution in [0.5, 0.6) is 5.75 Å². The summed E-state index contributed by atoms with van der Waals surface area (Å²) in [7, 11) is 0. The maximum Gasteiger partial charge on any atom is 0.410 e. The van der Waals surface area contributed by atoms with E-state index in [4.69, 9.17) is 10.5 Å². The molecule has 2 amide bonds. The van der Waals surface area contributed by atoms with E-state index in [9.17, 15) is 14.7 Å². The second kappa shape index (κ2) is 11.1. The van der Waals surface area contributed by atoms with E-state index in [-0.39, 0.29) is 17.7 Å². The predicted octanol–water partition coefficient (Wildman–Crippen LogP) is 4.26. The second-order valence-electron chi connectivity index (χ2n) is 7.56. The maximum absolute atomic E-state index is 12.9. The van der Waals surface area contributed by atoms with Crippen LogP contribution in [0.1, 0.15) is 47.5 Å². The number of ether oxygens (including phenoxy) is 1. The van der Waals surface area contributed by atoms with Gasteiger partial charge in [0.2, 0.25) is 0 Å². The van der Waals surface area contributed by atoms with Crippen molar-refractivity contribution in [3.8, 4) is 5.75 Å². The lowest BCUT2D eigenvalue weighted by Gasteiger charge is -2.29.